The summed E-state index contributed by atoms with van der Waals surface area (Å²) < 4.78 is 54.2. The van der Waals surface area contributed by atoms with Gasteiger partial charge in [-0.3, -0.25) is 4.79 Å². The number of hydrogen-bond donors (Lipinski definition) is 1. The highest BCUT2D eigenvalue weighted by Gasteiger charge is 2.27. The number of halogens is 1. The Morgan fingerprint density at radius 3 is 2.51 bits per heavy atom. The molecule has 0 atom stereocenters. The van der Waals surface area contributed by atoms with Gasteiger partial charge in [0.15, 0.2) is 5.03 Å². The van der Waals surface area contributed by atoms with Crippen LogP contribution < -0.4 is 14.2 Å². The number of nitrogens with zero attached hydrogens (tertiary/aromatic N) is 2. The maximum Gasteiger partial charge on any atom is 0.281 e. The standard InChI is InChI=1S/C29H34FN3O5S/c1-18(2)17-37-24-15-21(14-22(30)16-24)26-13-12-25(29(32-26)38-23-10-8-19(3)9-11-23)28(34)33-39(35,36)27-7-5-6-20(4)31-27/h5-7,12-16,18-19,23H,8-11,17H2,1-4H3,(H,33,34). The van der Waals surface area contributed by atoms with E-state index >= 15 is 0 Å². The van der Waals surface area contributed by atoms with Gasteiger partial charge in [-0.25, -0.2) is 19.1 Å². The molecular formula is C29H34FN3O5S. The molecule has 1 saturated carbocycles. The van der Waals surface area contributed by atoms with Gasteiger partial charge in [-0.05, 0) is 80.8 Å². The average molecular weight is 556 g/mol. The van der Waals surface area contributed by atoms with Crippen LogP contribution in [0.5, 0.6) is 11.6 Å². The summed E-state index contributed by atoms with van der Waals surface area (Å²) in [5.41, 5.74) is 1.27. The summed E-state index contributed by atoms with van der Waals surface area (Å²) in [5, 5.41) is -0.266. The molecule has 2 heterocycles. The largest absolute Gasteiger partial charge is 0.493 e. The Bertz CT molecular complexity index is 1440. The zero-order chi connectivity index (χ0) is 28.2. The summed E-state index contributed by atoms with van der Waals surface area (Å²) in [6.45, 7) is 8.26. The van der Waals surface area contributed by atoms with Crippen molar-refractivity contribution in [1.82, 2.24) is 14.7 Å². The Morgan fingerprint density at radius 1 is 1.08 bits per heavy atom. The molecule has 1 aliphatic carbocycles. The Labute approximate surface area is 229 Å². The third-order valence-corrected chi connectivity index (χ3v) is 7.69. The molecule has 0 radical (unpaired) electrons. The van der Waals surface area contributed by atoms with Gasteiger partial charge < -0.3 is 9.47 Å². The number of sulfonamides is 1. The lowest BCUT2D eigenvalue weighted by Crippen LogP contribution is -2.32. The molecule has 1 N–H and O–H groups in total. The van der Waals surface area contributed by atoms with E-state index in [0.29, 0.717) is 35.2 Å². The maximum absolute atomic E-state index is 14.5. The lowest BCUT2D eigenvalue weighted by molar-refractivity contribution is 0.0960. The number of amides is 1. The van der Waals surface area contributed by atoms with Crippen LogP contribution in [0.15, 0.2) is 53.6 Å². The van der Waals surface area contributed by atoms with Crippen molar-refractivity contribution in [2.24, 2.45) is 11.8 Å². The summed E-state index contributed by atoms with van der Waals surface area (Å²) in [7, 11) is -4.23. The van der Waals surface area contributed by atoms with Gasteiger partial charge in [-0.15, -0.1) is 0 Å². The van der Waals surface area contributed by atoms with Crippen LogP contribution in [0.4, 0.5) is 4.39 Å². The average Bonchev–Trinajstić information content (AvgIpc) is 2.88. The van der Waals surface area contributed by atoms with E-state index in [1.165, 1.54) is 30.3 Å². The van der Waals surface area contributed by atoms with Gasteiger partial charge in [0.2, 0.25) is 5.88 Å². The van der Waals surface area contributed by atoms with Gasteiger partial charge in [0.25, 0.3) is 15.9 Å². The number of carbonyl (C=O) groups is 1. The molecule has 4 rings (SSSR count). The number of rotatable bonds is 9. The summed E-state index contributed by atoms with van der Waals surface area (Å²) in [6.07, 6.45) is 3.34. The van der Waals surface area contributed by atoms with Crippen molar-refractivity contribution in [2.75, 3.05) is 6.61 Å². The van der Waals surface area contributed by atoms with Gasteiger partial charge in [-0.1, -0.05) is 26.8 Å². The number of aryl methyl sites for hydroxylation is 1. The predicted molar refractivity (Wildman–Crippen MR) is 146 cm³/mol. The molecule has 1 fully saturated rings. The normalized spacial score (nSPS) is 17.6. The molecule has 0 aliphatic heterocycles. The summed E-state index contributed by atoms with van der Waals surface area (Å²) in [5.74, 6) is -0.187. The molecule has 0 spiro atoms. The highest BCUT2D eigenvalue weighted by Crippen LogP contribution is 2.31. The van der Waals surface area contributed by atoms with E-state index < -0.39 is 21.7 Å². The number of benzene rings is 1. The molecule has 0 unspecified atom stereocenters. The lowest BCUT2D eigenvalue weighted by atomic mass is 9.89. The highest BCUT2D eigenvalue weighted by atomic mass is 32.2. The first kappa shape index (κ1) is 28.5. The number of carbonyl (C=O) groups excluding carboxylic acids is 1. The van der Waals surface area contributed by atoms with Gasteiger partial charge in [0.05, 0.1) is 12.3 Å². The van der Waals surface area contributed by atoms with Gasteiger partial charge >= 0.3 is 0 Å². The van der Waals surface area contributed by atoms with Crippen molar-refractivity contribution in [2.45, 2.75) is 64.5 Å². The van der Waals surface area contributed by atoms with Crippen LogP contribution in [-0.4, -0.2) is 37.0 Å². The highest BCUT2D eigenvalue weighted by molar-refractivity contribution is 7.90. The molecule has 8 nitrogen and oxygen atoms in total. The van der Waals surface area contributed by atoms with Crippen LogP contribution in [0, 0.1) is 24.6 Å². The first-order valence-electron chi connectivity index (χ1n) is 13.1. The topological polar surface area (TPSA) is 107 Å². The molecule has 2 aromatic heterocycles. The second-order valence-electron chi connectivity index (χ2n) is 10.5. The monoisotopic (exact) mass is 555 g/mol. The number of hydrogen-bond acceptors (Lipinski definition) is 7. The fraction of sp³-hybridized carbons (Fsp3) is 0.414. The van der Waals surface area contributed by atoms with E-state index in [-0.39, 0.29) is 28.5 Å². The molecule has 0 saturated heterocycles. The molecule has 208 valence electrons. The first-order valence-corrected chi connectivity index (χ1v) is 14.6. The SMILES string of the molecule is Cc1cccc(S(=O)(=O)NC(=O)c2ccc(-c3cc(F)cc(OCC(C)C)c3)nc2OC2CCC(C)CC2)n1. The van der Waals surface area contributed by atoms with E-state index in [2.05, 4.69) is 21.6 Å². The number of ether oxygens (including phenoxy) is 2. The van der Waals surface area contributed by atoms with Gasteiger partial charge in [0.1, 0.15) is 23.2 Å². The molecule has 1 aliphatic rings. The lowest BCUT2D eigenvalue weighted by Gasteiger charge is -2.27. The van der Waals surface area contributed by atoms with Crippen LogP contribution in [0.2, 0.25) is 0 Å². The summed E-state index contributed by atoms with van der Waals surface area (Å²) in [6, 6.07) is 11.8. The van der Waals surface area contributed by atoms with Crippen LogP contribution in [0.1, 0.15) is 62.5 Å². The second-order valence-corrected chi connectivity index (χ2v) is 12.1. The van der Waals surface area contributed by atoms with Crippen molar-refractivity contribution in [1.29, 1.82) is 0 Å². The number of nitrogens with one attached hydrogen (secondary N) is 1. The van der Waals surface area contributed by atoms with Crippen LogP contribution >= 0.6 is 0 Å². The molecular weight excluding hydrogens is 521 g/mol. The van der Waals surface area contributed by atoms with E-state index in [1.54, 1.807) is 25.1 Å². The predicted octanol–water partition coefficient (Wildman–Crippen LogP) is 5.70. The zero-order valence-electron chi connectivity index (χ0n) is 22.6. The second kappa shape index (κ2) is 12.1. The molecule has 3 aromatic rings. The van der Waals surface area contributed by atoms with Crippen molar-refractivity contribution in [3.63, 3.8) is 0 Å². The van der Waals surface area contributed by atoms with Crippen LogP contribution in [0.25, 0.3) is 11.3 Å². The maximum atomic E-state index is 14.5. The minimum Gasteiger partial charge on any atom is -0.493 e. The van der Waals surface area contributed by atoms with Gasteiger partial charge in [-0.2, -0.15) is 8.42 Å². The fourth-order valence-corrected chi connectivity index (χ4v) is 5.30. The van der Waals surface area contributed by atoms with Crippen molar-refractivity contribution >= 4 is 15.9 Å². The van der Waals surface area contributed by atoms with E-state index in [9.17, 15) is 17.6 Å². The number of aromatic nitrogens is 2. The van der Waals surface area contributed by atoms with Crippen molar-refractivity contribution < 1.29 is 27.1 Å². The third-order valence-electron chi connectivity index (χ3n) is 6.46. The van der Waals surface area contributed by atoms with Crippen LogP contribution in [0.3, 0.4) is 0 Å². The molecule has 39 heavy (non-hydrogen) atoms. The van der Waals surface area contributed by atoms with Crippen molar-refractivity contribution in [3.8, 4) is 22.9 Å². The van der Waals surface area contributed by atoms with E-state index in [1.807, 2.05) is 13.8 Å². The Kier molecular flexibility index (Phi) is 8.84. The minimum absolute atomic E-state index is 0.00846. The quantitative estimate of drug-likeness (QED) is 0.361. The molecule has 1 aromatic carbocycles. The molecule has 10 heteroatoms. The Hall–Kier alpha value is -3.53. The van der Waals surface area contributed by atoms with Gasteiger partial charge in [0, 0.05) is 17.3 Å². The summed E-state index contributed by atoms with van der Waals surface area (Å²) in [4.78, 5) is 21.8. The Balaban J connectivity index is 1.67. The smallest absolute Gasteiger partial charge is 0.281 e. The number of pyridine rings is 2. The Morgan fingerprint density at radius 2 is 1.82 bits per heavy atom. The fourth-order valence-electron chi connectivity index (χ4n) is 4.32. The zero-order valence-corrected chi connectivity index (χ0v) is 23.4. The van der Waals surface area contributed by atoms with E-state index in [0.717, 1.165) is 25.7 Å². The third kappa shape index (κ3) is 7.53. The van der Waals surface area contributed by atoms with Crippen LogP contribution in [-0.2, 0) is 10.0 Å². The van der Waals surface area contributed by atoms with E-state index in [4.69, 9.17) is 9.47 Å². The molecule has 1 amide bonds. The minimum atomic E-state index is -4.23. The van der Waals surface area contributed by atoms with Crippen molar-refractivity contribution in [3.05, 3.63) is 65.6 Å². The summed E-state index contributed by atoms with van der Waals surface area (Å²) >= 11 is 0. The molecule has 0 bridgehead atoms. The first-order chi connectivity index (χ1) is 18.5.